The highest BCUT2D eigenvalue weighted by Gasteiger charge is 2.37. The van der Waals surface area contributed by atoms with Crippen molar-refractivity contribution in [3.05, 3.63) is 53.3 Å². The van der Waals surface area contributed by atoms with E-state index in [-0.39, 0.29) is 5.57 Å². The van der Waals surface area contributed by atoms with Gasteiger partial charge in [-0.3, -0.25) is 14.9 Å². The number of rotatable bonds is 3. The summed E-state index contributed by atoms with van der Waals surface area (Å²) in [5, 5.41) is 2.22. The standard InChI is InChI=1S/C21H21N3O4/c1-14-5-7-15(8-6-14)24-20(26)17(19(25)22-21(24)27)13-16-9-10-18(28-16)23-11-3-2-4-12-23/h5-10,13H,2-4,11-12H2,1H3,(H,22,25,27)/b17-13+. The first-order valence-corrected chi connectivity index (χ1v) is 9.36. The van der Waals surface area contributed by atoms with Crippen molar-refractivity contribution in [2.75, 3.05) is 22.9 Å². The molecule has 0 aliphatic carbocycles. The second-order valence-corrected chi connectivity index (χ2v) is 7.02. The van der Waals surface area contributed by atoms with Gasteiger partial charge in [0, 0.05) is 19.2 Å². The van der Waals surface area contributed by atoms with Crippen LogP contribution in [0.2, 0.25) is 0 Å². The second kappa shape index (κ2) is 7.34. The fourth-order valence-corrected chi connectivity index (χ4v) is 3.43. The van der Waals surface area contributed by atoms with Crippen LogP contribution in [0.3, 0.4) is 0 Å². The van der Waals surface area contributed by atoms with Crippen molar-refractivity contribution in [3.63, 3.8) is 0 Å². The van der Waals surface area contributed by atoms with E-state index in [1.54, 1.807) is 30.3 Å². The number of benzene rings is 1. The van der Waals surface area contributed by atoms with Crippen molar-refractivity contribution < 1.29 is 18.8 Å². The first-order chi connectivity index (χ1) is 13.5. The molecular weight excluding hydrogens is 358 g/mol. The molecule has 0 saturated carbocycles. The number of hydrogen-bond acceptors (Lipinski definition) is 5. The van der Waals surface area contributed by atoms with Gasteiger partial charge in [0.2, 0.25) is 0 Å². The van der Waals surface area contributed by atoms with Gasteiger partial charge in [-0.15, -0.1) is 0 Å². The van der Waals surface area contributed by atoms with Crippen molar-refractivity contribution in [1.29, 1.82) is 0 Å². The number of nitrogens with zero attached hydrogens (tertiary/aromatic N) is 2. The third-order valence-electron chi connectivity index (χ3n) is 4.96. The number of aryl methyl sites for hydroxylation is 1. The number of barbiturate groups is 1. The Bertz CT molecular complexity index is 952. The van der Waals surface area contributed by atoms with Gasteiger partial charge in [0.25, 0.3) is 11.8 Å². The number of hydrogen-bond donors (Lipinski definition) is 1. The highest BCUT2D eigenvalue weighted by Crippen LogP contribution is 2.26. The predicted molar refractivity (Wildman–Crippen MR) is 105 cm³/mol. The Kier molecular flexibility index (Phi) is 4.73. The van der Waals surface area contributed by atoms with Crippen LogP contribution >= 0.6 is 0 Å². The molecule has 0 bridgehead atoms. The summed E-state index contributed by atoms with van der Waals surface area (Å²) in [7, 11) is 0. The van der Waals surface area contributed by atoms with Crippen LogP contribution in [0.15, 0.2) is 46.4 Å². The smallest absolute Gasteiger partial charge is 0.335 e. The summed E-state index contributed by atoms with van der Waals surface area (Å²) in [6.45, 7) is 3.77. The zero-order valence-corrected chi connectivity index (χ0v) is 15.6. The first kappa shape index (κ1) is 18.0. The van der Waals surface area contributed by atoms with Crippen LogP contribution in [0, 0.1) is 6.92 Å². The molecule has 2 aromatic rings. The minimum Gasteiger partial charge on any atom is -0.441 e. The van der Waals surface area contributed by atoms with Crippen molar-refractivity contribution >= 4 is 35.5 Å². The second-order valence-electron chi connectivity index (χ2n) is 7.02. The lowest BCUT2D eigenvalue weighted by Crippen LogP contribution is -2.54. The van der Waals surface area contributed by atoms with Crippen LogP contribution in [0.5, 0.6) is 0 Å². The lowest BCUT2D eigenvalue weighted by Gasteiger charge is -2.26. The molecule has 1 aromatic carbocycles. The average molecular weight is 379 g/mol. The topological polar surface area (TPSA) is 82.9 Å². The van der Waals surface area contributed by atoms with E-state index in [1.807, 2.05) is 13.0 Å². The molecule has 144 valence electrons. The van der Waals surface area contributed by atoms with Gasteiger partial charge in [-0.05, 0) is 50.5 Å². The minimum atomic E-state index is -0.760. The lowest BCUT2D eigenvalue weighted by molar-refractivity contribution is -0.122. The number of amides is 4. The molecule has 0 atom stereocenters. The van der Waals surface area contributed by atoms with Gasteiger partial charge in [0.1, 0.15) is 11.3 Å². The number of furan rings is 1. The molecule has 3 heterocycles. The number of nitrogens with one attached hydrogen (secondary N) is 1. The highest BCUT2D eigenvalue weighted by atomic mass is 16.4. The van der Waals surface area contributed by atoms with E-state index in [2.05, 4.69) is 10.2 Å². The number of carbonyl (C=O) groups excluding carboxylic acids is 3. The SMILES string of the molecule is Cc1ccc(N2C(=O)NC(=O)/C(=C\c3ccc(N4CCCCC4)o3)C2=O)cc1. The van der Waals surface area contributed by atoms with Crippen molar-refractivity contribution in [1.82, 2.24) is 5.32 Å². The van der Waals surface area contributed by atoms with Gasteiger partial charge < -0.3 is 9.32 Å². The number of urea groups is 1. The normalized spacial score (nSPS) is 19.3. The Morgan fingerprint density at radius 2 is 1.68 bits per heavy atom. The number of anilines is 2. The van der Waals surface area contributed by atoms with E-state index in [0.29, 0.717) is 11.4 Å². The number of carbonyl (C=O) groups is 3. The van der Waals surface area contributed by atoms with Crippen molar-refractivity contribution in [2.45, 2.75) is 26.2 Å². The highest BCUT2D eigenvalue weighted by molar-refractivity contribution is 6.39. The summed E-state index contributed by atoms with van der Waals surface area (Å²) in [5.74, 6) is -0.276. The summed E-state index contributed by atoms with van der Waals surface area (Å²) < 4.78 is 5.82. The fourth-order valence-electron chi connectivity index (χ4n) is 3.43. The molecule has 28 heavy (non-hydrogen) atoms. The van der Waals surface area contributed by atoms with Gasteiger partial charge in [0.05, 0.1) is 5.69 Å². The predicted octanol–water partition coefficient (Wildman–Crippen LogP) is 3.24. The lowest BCUT2D eigenvalue weighted by atomic mass is 10.1. The van der Waals surface area contributed by atoms with Gasteiger partial charge in [0.15, 0.2) is 5.88 Å². The number of imide groups is 2. The third-order valence-corrected chi connectivity index (χ3v) is 4.96. The van der Waals surface area contributed by atoms with Crippen LogP contribution in [0.25, 0.3) is 6.08 Å². The van der Waals surface area contributed by atoms with Crippen molar-refractivity contribution in [2.24, 2.45) is 0 Å². The van der Waals surface area contributed by atoms with Gasteiger partial charge in [-0.2, -0.15) is 0 Å². The molecule has 1 aromatic heterocycles. The summed E-state index contributed by atoms with van der Waals surface area (Å²) in [5.41, 5.74) is 1.26. The Morgan fingerprint density at radius 1 is 0.964 bits per heavy atom. The zero-order valence-electron chi connectivity index (χ0n) is 15.6. The summed E-state index contributed by atoms with van der Waals surface area (Å²) in [4.78, 5) is 40.5. The maximum Gasteiger partial charge on any atom is 0.335 e. The summed E-state index contributed by atoms with van der Waals surface area (Å²) >= 11 is 0. The van der Waals surface area contributed by atoms with Gasteiger partial charge in [-0.25, -0.2) is 9.69 Å². The molecule has 2 aliphatic rings. The molecule has 7 nitrogen and oxygen atoms in total. The Morgan fingerprint density at radius 3 is 2.39 bits per heavy atom. The summed E-state index contributed by atoms with van der Waals surface area (Å²) in [6, 6.07) is 9.74. The molecule has 4 amide bonds. The largest absolute Gasteiger partial charge is 0.441 e. The van der Waals surface area contributed by atoms with E-state index in [0.717, 1.165) is 42.3 Å². The van der Waals surface area contributed by atoms with Crippen LogP contribution in [0.4, 0.5) is 16.4 Å². The van der Waals surface area contributed by atoms with Gasteiger partial charge in [-0.1, -0.05) is 17.7 Å². The molecule has 2 fully saturated rings. The molecule has 2 saturated heterocycles. The van der Waals surface area contributed by atoms with E-state index in [4.69, 9.17) is 4.42 Å². The number of piperidine rings is 1. The average Bonchev–Trinajstić information content (AvgIpc) is 3.16. The first-order valence-electron chi connectivity index (χ1n) is 9.36. The van der Waals surface area contributed by atoms with Crippen molar-refractivity contribution in [3.8, 4) is 0 Å². The van der Waals surface area contributed by atoms with Crippen LogP contribution in [-0.2, 0) is 9.59 Å². The maximum atomic E-state index is 12.9. The monoisotopic (exact) mass is 379 g/mol. The van der Waals surface area contributed by atoms with E-state index >= 15 is 0 Å². The van der Waals surface area contributed by atoms with E-state index < -0.39 is 17.8 Å². The van der Waals surface area contributed by atoms with Crippen LogP contribution < -0.4 is 15.1 Å². The molecule has 7 heteroatoms. The Labute approximate surface area is 162 Å². The molecular formula is C21H21N3O4. The fraction of sp³-hybridized carbons (Fsp3) is 0.286. The minimum absolute atomic E-state index is 0.139. The maximum absolute atomic E-state index is 12.9. The van der Waals surface area contributed by atoms with Crippen LogP contribution in [-0.4, -0.2) is 30.9 Å². The molecule has 1 N–H and O–H groups in total. The molecule has 0 radical (unpaired) electrons. The van der Waals surface area contributed by atoms with E-state index in [9.17, 15) is 14.4 Å². The molecule has 0 spiro atoms. The zero-order chi connectivity index (χ0) is 19.7. The summed E-state index contributed by atoms with van der Waals surface area (Å²) in [6.07, 6.45) is 4.83. The Balaban J connectivity index is 1.61. The van der Waals surface area contributed by atoms with Crippen LogP contribution in [0.1, 0.15) is 30.6 Å². The quantitative estimate of drug-likeness (QED) is 0.654. The molecule has 4 rings (SSSR count). The van der Waals surface area contributed by atoms with E-state index in [1.165, 1.54) is 12.5 Å². The Hall–Kier alpha value is -3.35. The molecule has 0 unspecified atom stereocenters. The third kappa shape index (κ3) is 3.43. The molecule has 2 aliphatic heterocycles. The van der Waals surface area contributed by atoms with Gasteiger partial charge >= 0.3 is 6.03 Å².